The van der Waals surface area contributed by atoms with E-state index in [1.807, 2.05) is 27.7 Å². The van der Waals surface area contributed by atoms with Crippen LogP contribution in [0, 0.1) is 12.7 Å². The zero-order valence-electron chi connectivity index (χ0n) is 10.1. The summed E-state index contributed by atoms with van der Waals surface area (Å²) in [6, 6.07) is 4.51. The third-order valence-electron chi connectivity index (χ3n) is 1.92. The van der Waals surface area contributed by atoms with Gasteiger partial charge in [-0.05, 0) is 45.4 Å². The molecule has 88 valence electrons. The summed E-state index contributed by atoms with van der Waals surface area (Å²) < 4.78 is 13.0. The molecule has 4 heteroatoms. The van der Waals surface area contributed by atoms with Crippen molar-refractivity contribution in [3.63, 3.8) is 0 Å². The third-order valence-corrected chi connectivity index (χ3v) is 1.92. The Morgan fingerprint density at radius 3 is 2.56 bits per heavy atom. The van der Waals surface area contributed by atoms with Gasteiger partial charge >= 0.3 is 0 Å². The summed E-state index contributed by atoms with van der Waals surface area (Å²) in [5.74, 6) is -0.00198. The number of aliphatic imine (C=N–C) groups is 1. The molecule has 0 radical (unpaired) electrons. The summed E-state index contributed by atoms with van der Waals surface area (Å²) in [6.07, 6.45) is 0. The first-order valence-corrected chi connectivity index (χ1v) is 5.16. The van der Waals surface area contributed by atoms with Crippen molar-refractivity contribution in [1.82, 2.24) is 0 Å². The first kappa shape index (κ1) is 12.5. The second-order valence-corrected chi connectivity index (χ2v) is 4.75. The molecule has 0 aliphatic carbocycles. The van der Waals surface area contributed by atoms with Gasteiger partial charge in [-0.1, -0.05) is 6.07 Å². The van der Waals surface area contributed by atoms with Gasteiger partial charge in [0.15, 0.2) is 5.96 Å². The summed E-state index contributed by atoms with van der Waals surface area (Å²) in [4.78, 5) is 4.24. The van der Waals surface area contributed by atoms with E-state index in [2.05, 4.69) is 10.3 Å². The molecule has 1 aromatic carbocycles. The van der Waals surface area contributed by atoms with Gasteiger partial charge < -0.3 is 11.1 Å². The minimum Gasteiger partial charge on any atom is -0.370 e. The lowest BCUT2D eigenvalue weighted by Crippen LogP contribution is -2.27. The minimum absolute atomic E-state index is 0.252. The number of rotatable bonds is 1. The zero-order chi connectivity index (χ0) is 12.3. The van der Waals surface area contributed by atoms with Crippen LogP contribution >= 0.6 is 0 Å². The Morgan fingerprint density at radius 2 is 2.00 bits per heavy atom. The van der Waals surface area contributed by atoms with Gasteiger partial charge in [-0.3, -0.25) is 0 Å². The van der Waals surface area contributed by atoms with E-state index in [1.54, 1.807) is 6.07 Å². The SMILES string of the molecule is Cc1ccc(F)cc1NC(N)=NC(C)(C)C. The standard InChI is InChI=1S/C12H18FN3/c1-8-5-6-9(13)7-10(8)15-11(14)16-12(2,3)4/h5-7H,1-4H3,(H3,14,15,16). The lowest BCUT2D eigenvalue weighted by atomic mass is 10.1. The zero-order valence-corrected chi connectivity index (χ0v) is 10.1. The number of hydrogen-bond acceptors (Lipinski definition) is 1. The van der Waals surface area contributed by atoms with Crippen molar-refractivity contribution in [1.29, 1.82) is 0 Å². The van der Waals surface area contributed by atoms with E-state index in [4.69, 9.17) is 5.73 Å². The largest absolute Gasteiger partial charge is 0.370 e. The maximum Gasteiger partial charge on any atom is 0.193 e. The van der Waals surface area contributed by atoms with E-state index in [-0.39, 0.29) is 11.4 Å². The van der Waals surface area contributed by atoms with E-state index in [0.717, 1.165) is 5.56 Å². The second-order valence-electron chi connectivity index (χ2n) is 4.75. The van der Waals surface area contributed by atoms with E-state index < -0.39 is 0 Å². The topological polar surface area (TPSA) is 50.4 Å². The Balaban J connectivity index is 2.89. The molecule has 0 amide bonds. The molecule has 0 saturated heterocycles. The summed E-state index contributed by atoms with van der Waals surface area (Å²) >= 11 is 0. The van der Waals surface area contributed by atoms with Crippen molar-refractivity contribution >= 4 is 11.6 Å². The highest BCUT2D eigenvalue weighted by Crippen LogP contribution is 2.16. The van der Waals surface area contributed by atoms with Crippen LogP contribution < -0.4 is 11.1 Å². The lowest BCUT2D eigenvalue weighted by Gasteiger charge is -2.15. The molecule has 0 atom stereocenters. The molecule has 0 spiro atoms. The third kappa shape index (κ3) is 3.88. The van der Waals surface area contributed by atoms with Crippen LogP contribution in [0.3, 0.4) is 0 Å². The molecule has 0 aliphatic heterocycles. The van der Waals surface area contributed by atoms with Crippen molar-refractivity contribution in [2.45, 2.75) is 33.2 Å². The molecule has 0 aromatic heterocycles. The highest BCUT2D eigenvalue weighted by atomic mass is 19.1. The highest BCUT2D eigenvalue weighted by molar-refractivity contribution is 5.93. The fourth-order valence-corrected chi connectivity index (χ4v) is 1.26. The average molecular weight is 223 g/mol. The van der Waals surface area contributed by atoms with Crippen molar-refractivity contribution < 1.29 is 4.39 Å². The highest BCUT2D eigenvalue weighted by Gasteiger charge is 2.09. The first-order valence-electron chi connectivity index (χ1n) is 5.16. The predicted octanol–water partition coefficient (Wildman–Crippen LogP) is 2.66. The number of nitrogens with two attached hydrogens (primary N) is 1. The molecule has 3 N–H and O–H groups in total. The molecule has 16 heavy (non-hydrogen) atoms. The number of halogens is 1. The first-order chi connectivity index (χ1) is 7.28. The molecule has 0 bridgehead atoms. The Bertz CT molecular complexity index is 405. The van der Waals surface area contributed by atoms with E-state index in [0.29, 0.717) is 11.6 Å². The molecule has 1 rings (SSSR count). The minimum atomic E-state index is -0.295. The number of nitrogens with zero attached hydrogens (tertiary/aromatic N) is 1. The Kier molecular flexibility index (Phi) is 3.52. The maximum absolute atomic E-state index is 13.0. The predicted molar refractivity (Wildman–Crippen MR) is 66.1 cm³/mol. The van der Waals surface area contributed by atoms with Gasteiger partial charge in [0.2, 0.25) is 0 Å². The van der Waals surface area contributed by atoms with Gasteiger partial charge in [0, 0.05) is 5.69 Å². The molecule has 3 nitrogen and oxygen atoms in total. The molecule has 0 saturated carbocycles. The number of guanidine groups is 1. The van der Waals surface area contributed by atoms with Crippen LogP contribution in [0.15, 0.2) is 23.2 Å². The van der Waals surface area contributed by atoms with Gasteiger partial charge in [0.25, 0.3) is 0 Å². The summed E-state index contributed by atoms with van der Waals surface area (Å²) in [6.45, 7) is 7.71. The van der Waals surface area contributed by atoms with Crippen LogP contribution in [0.4, 0.5) is 10.1 Å². The van der Waals surface area contributed by atoms with Crippen molar-refractivity contribution in [3.8, 4) is 0 Å². The van der Waals surface area contributed by atoms with Gasteiger partial charge in [0.1, 0.15) is 5.82 Å². The fraction of sp³-hybridized carbons (Fsp3) is 0.417. The maximum atomic E-state index is 13.0. The number of aryl methyl sites for hydroxylation is 1. The summed E-state index contributed by atoms with van der Waals surface area (Å²) in [5, 5.41) is 2.90. The normalized spacial score (nSPS) is 12.7. The summed E-state index contributed by atoms with van der Waals surface area (Å²) in [5.41, 5.74) is 7.04. The van der Waals surface area contributed by atoms with Crippen LogP contribution in [0.5, 0.6) is 0 Å². The average Bonchev–Trinajstić information content (AvgIpc) is 2.08. The van der Waals surface area contributed by atoms with Crippen LogP contribution in [0.2, 0.25) is 0 Å². The van der Waals surface area contributed by atoms with Crippen LogP contribution in [0.1, 0.15) is 26.3 Å². The summed E-state index contributed by atoms with van der Waals surface area (Å²) in [7, 11) is 0. The number of hydrogen-bond donors (Lipinski definition) is 2. The van der Waals surface area contributed by atoms with Crippen molar-refractivity contribution in [2.75, 3.05) is 5.32 Å². The molecule has 0 fully saturated rings. The monoisotopic (exact) mass is 223 g/mol. The van der Waals surface area contributed by atoms with Crippen LogP contribution in [-0.4, -0.2) is 11.5 Å². The molecular weight excluding hydrogens is 205 g/mol. The lowest BCUT2D eigenvalue weighted by molar-refractivity contribution is 0.583. The quantitative estimate of drug-likeness (QED) is 0.568. The van der Waals surface area contributed by atoms with Crippen LogP contribution in [-0.2, 0) is 0 Å². The number of anilines is 1. The Hall–Kier alpha value is -1.58. The van der Waals surface area contributed by atoms with Crippen LogP contribution in [0.25, 0.3) is 0 Å². The molecule has 0 aliphatic rings. The fourth-order valence-electron chi connectivity index (χ4n) is 1.26. The molecule has 0 heterocycles. The van der Waals surface area contributed by atoms with Crippen molar-refractivity contribution in [2.24, 2.45) is 10.7 Å². The molecular formula is C12H18FN3. The number of nitrogens with one attached hydrogen (secondary N) is 1. The number of benzene rings is 1. The Labute approximate surface area is 95.6 Å². The van der Waals surface area contributed by atoms with Gasteiger partial charge in [-0.25, -0.2) is 9.38 Å². The van der Waals surface area contributed by atoms with Gasteiger partial charge in [-0.15, -0.1) is 0 Å². The van der Waals surface area contributed by atoms with Crippen molar-refractivity contribution in [3.05, 3.63) is 29.6 Å². The smallest absolute Gasteiger partial charge is 0.193 e. The second kappa shape index (κ2) is 4.51. The van der Waals surface area contributed by atoms with Gasteiger partial charge in [-0.2, -0.15) is 0 Å². The van der Waals surface area contributed by atoms with E-state index >= 15 is 0 Å². The molecule has 0 unspecified atom stereocenters. The van der Waals surface area contributed by atoms with E-state index in [9.17, 15) is 4.39 Å². The molecule has 1 aromatic rings. The van der Waals surface area contributed by atoms with E-state index in [1.165, 1.54) is 12.1 Å². The Morgan fingerprint density at radius 1 is 1.38 bits per heavy atom. The van der Waals surface area contributed by atoms with Gasteiger partial charge in [0.05, 0.1) is 5.54 Å².